The molecule has 0 aromatic carbocycles. The molecule has 0 aliphatic carbocycles. The highest BCUT2D eigenvalue weighted by atomic mass is 19.1. The Balaban J connectivity index is 2.55. The number of hydrogen-bond donors (Lipinski definition) is 0. The molecule has 0 spiro atoms. The van der Waals surface area contributed by atoms with Crippen molar-refractivity contribution in [3.8, 4) is 0 Å². The van der Waals surface area contributed by atoms with Crippen LogP contribution in [0.2, 0.25) is 0 Å². The molecule has 0 aromatic rings. The molecule has 104 valence electrons. The van der Waals surface area contributed by atoms with Crippen LogP contribution in [0.15, 0.2) is 0 Å². The van der Waals surface area contributed by atoms with E-state index in [4.69, 9.17) is 4.74 Å². The van der Waals surface area contributed by atoms with E-state index in [1.54, 1.807) is 20.8 Å². The maximum atomic E-state index is 13.8. The van der Waals surface area contributed by atoms with Crippen molar-refractivity contribution in [1.82, 2.24) is 4.90 Å². The van der Waals surface area contributed by atoms with Crippen molar-refractivity contribution in [3.63, 3.8) is 0 Å². The van der Waals surface area contributed by atoms with Crippen LogP contribution in [0.3, 0.4) is 0 Å². The number of alkyl halides is 1. The minimum absolute atomic E-state index is 0.130. The topological polar surface area (TPSA) is 55.8 Å². The maximum absolute atomic E-state index is 13.8. The van der Waals surface area contributed by atoms with Crippen molar-refractivity contribution in [1.29, 1.82) is 0 Å². The molecular weight excluding hydrogens is 241 g/mol. The number of carbonyl (C=O) groups excluding carboxylic acids is 2. The first kappa shape index (κ1) is 14.7. The molecule has 1 amide bonds. The Morgan fingerprint density at radius 1 is 1.33 bits per heavy atom. The number of esters is 1. The first-order chi connectivity index (χ1) is 8.24. The zero-order chi connectivity index (χ0) is 13.9. The Morgan fingerprint density at radius 2 is 1.94 bits per heavy atom. The third-order valence-electron chi connectivity index (χ3n) is 2.70. The lowest BCUT2D eigenvalue weighted by molar-refractivity contribution is -0.150. The van der Waals surface area contributed by atoms with Gasteiger partial charge in [-0.1, -0.05) is 0 Å². The van der Waals surface area contributed by atoms with E-state index in [-0.39, 0.29) is 13.0 Å². The number of methoxy groups -OCH3 is 1. The molecule has 0 N–H and O–H groups in total. The molecule has 1 aliphatic heterocycles. The lowest BCUT2D eigenvalue weighted by atomic mass is 9.95. The molecule has 1 saturated heterocycles. The van der Waals surface area contributed by atoms with Gasteiger partial charge in [0.1, 0.15) is 11.8 Å². The molecule has 2 atom stereocenters. The Kier molecular flexibility index (Phi) is 4.53. The number of rotatable bonds is 1. The van der Waals surface area contributed by atoms with Crippen molar-refractivity contribution >= 4 is 12.1 Å². The van der Waals surface area contributed by atoms with Gasteiger partial charge in [0.2, 0.25) is 0 Å². The zero-order valence-electron chi connectivity index (χ0n) is 11.2. The number of hydrogen-bond acceptors (Lipinski definition) is 4. The Morgan fingerprint density at radius 3 is 2.39 bits per heavy atom. The summed E-state index contributed by atoms with van der Waals surface area (Å²) in [5.74, 6) is -1.35. The molecular formula is C12H20FNO4. The van der Waals surface area contributed by atoms with Gasteiger partial charge in [0, 0.05) is 6.54 Å². The smallest absolute Gasteiger partial charge is 0.410 e. The van der Waals surface area contributed by atoms with Crippen LogP contribution in [0.1, 0.15) is 27.2 Å². The van der Waals surface area contributed by atoms with Crippen molar-refractivity contribution < 1.29 is 23.5 Å². The summed E-state index contributed by atoms with van der Waals surface area (Å²) in [5, 5.41) is 0. The maximum Gasteiger partial charge on any atom is 0.410 e. The number of likely N-dealkylation sites (tertiary alicyclic amines) is 1. The molecule has 0 aromatic heterocycles. The predicted molar refractivity (Wildman–Crippen MR) is 62.8 cm³/mol. The molecule has 0 saturated carbocycles. The Labute approximate surface area is 106 Å². The van der Waals surface area contributed by atoms with Crippen LogP contribution in [0.5, 0.6) is 0 Å². The van der Waals surface area contributed by atoms with Crippen LogP contribution >= 0.6 is 0 Å². The first-order valence-corrected chi connectivity index (χ1v) is 5.94. The Bertz CT molecular complexity index is 327. The second-order valence-corrected chi connectivity index (χ2v) is 5.36. The largest absolute Gasteiger partial charge is 0.469 e. The SMILES string of the molecule is COC(=O)C1CCN(C(=O)OC(C)(C)C)CC1F. The molecule has 1 aliphatic rings. The van der Waals surface area contributed by atoms with Gasteiger partial charge in [0.25, 0.3) is 0 Å². The average Bonchev–Trinajstić information content (AvgIpc) is 2.25. The minimum Gasteiger partial charge on any atom is -0.469 e. The summed E-state index contributed by atoms with van der Waals surface area (Å²) in [6.07, 6.45) is -1.69. The third kappa shape index (κ3) is 3.85. The summed E-state index contributed by atoms with van der Waals surface area (Å²) >= 11 is 0. The van der Waals surface area contributed by atoms with Crippen molar-refractivity contribution in [3.05, 3.63) is 0 Å². The highest BCUT2D eigenvalue weighted by molar-refractivity contribution is 5.74. The highest BCUT2D eigenvalue weighted by Crippen LogP contribution is 2.23. The molecule has 6 heteroatoms. The van der Waals surface area contributed by atoms with E-state index in [0.29, 0.717) is 6.54 Å². The van der Waals surface area contributed by atoms with Crippen molar-refractivity contribution in [2.45, 2.75) is 39.0 Å². The lowest BCUT2D eigenvalue weighted by Gasteiger charge is -2.34. The zero-order valence-corrected chi connectivity index (χ0v) is 11.2. The van der Waals surface area contributed by atoms with E-state index >= 15 is 0 Å². The summed E-state index contributed by atoms with van der Waals surface area (Å²) < 4.78 is 23.5. The normalized spacial score (nSPS) is 24.6. The van der Waals surface area contributed by atoms with E-state index in [0.717, 1.165) is 0 Å². The van der Waals surface area contributed by atoms with E-state index in [2.05, 4.69) is 4.74 Å². The van der Waals surface area contributed by atoms with Gasteiger partial charge < -0.3 is 14.4 Å². The summed E-state index contributed by atoms with van der Waals surface area (Å²) in [5.41, 5.74) is -0.609. The number of nitrogens with zero attached hydrogens (tertiary/aromatic N) is 1. The Hall–Kier alpha value is -1.33. The number of carbonyl (C=O) groups is 2. The van der Waals surface area contributed by atoms with Gasteiger partial charge in [0.05, 0.1) is 19.6 Å². The third-order valence-corrected chi connectivity index (χ3v) is 2.70. The highest BCUT2D eigenvalue weighted by Gasteiger charge is 2.37. The lowest BCUT2D eigenvalue weighted by Crippen LogP contribution is -2.48. The fourth-order valence-electron chi connectivity index (χ4n) is 1.81. The number of halogens is 1. The molecule has 0 bridgehead atoms. The number of piperidine rings is 1. The second kappa shape index (κ2) is 5.54. The van der Waals surface area contributed by atoms with Gasteiger partial charge >= 0.3 is 12.1 Å². The van der Waals surface area contributed by atoms with Crippen LogP contribution in [0.4, 0.5) is 9.18 Å². The van der Waals surface area contributed by atoms with E-state index in [9.17, 15) is 14.0 Å². The van der Waals surface area contributed by atoms with Gasteiger partial charge in [-0.25, -0.2) is 9.18 Å². The molecule has 0 radical (unpaired) electrons. The number of ether oxygens (including phenoxy) is 2. The molecule has 2 unspecified atom stereocenters. The average molecular weight is 261 g/mol. The first-order valence-electron chi connectivity index (χ1n) is 5.94. The number of amides is 1. The van der Waals surface area contributed by atoms with Gasteiger partial charge in [-0.2, -0.15) is 0 Å². The molecule has 5 nitrogen and oxygen atoms in total. The molecule has 1 fully saturated rings. The van der Waals surface area contributed by atoms with Crippen LogP contribution in [0.25, 0.3) is 0 Å². The fraction of sp³-hybridized carbons (Fsp3) is 0.833. The van der Waals surface area contributed by atoms with Crippen LogP contribution in [0, 0.1) is 5.92 Å². The fourth-order valence-corrected chi connectivity index (χ4v) is 1.81. The van der Waals surface area contributed by atoms with Gasteiger partial charge in [-0.05, 0) is 27.2 Å². The van der Waals surface area contributed by atoms with Crippen molar-refractivity contribution in [2.24, 2.45) is 5.92 Å². The second-order valence-electron chi connectivity index (χ2n) is 5.36. The van der Waals surface area contributed by atoms with E-state index in [1.165, 1.54) is 12.0 Å². The van der Waals surface area contributed by atoms with Crippen LogP contribution < -0.4 is 0 Å². The van der Waals surface area contributed by atoms with Gasteiger partial charge in [-0.15, -0.1) is 0 Å². The van der Waals surface area contributed by atoms with E-state index in [1.807, 2.05) is 0 Å². The van der Waals surface area contributed by atoms with Crippen molar-refractivity contribution in [2.75, 3.05) is 20.2 Å². The summed E-state index contributed by atoms with van der Waals surface area (Å²) in [6, 6.07) is 0. The van der Waals surface area contributed by atoms with Crippen LogP contribution in [-0.2, 0) is 14.3 Å². The van der Waals surface area contributed by atoms with Crippen LogP contribution in [-0.4, -0.2) is 48.9 Å². The van der Waals surface area contributed by atoms with E-state index < -0.39 is 29.8 Å². The monoisotopic (exact) mass is 261 g/mol. The van der Waals surface area contributed by atoms with Gasteiger partial charge in [0.15, 0.2) is 0 Å². The summed E-state index contributed by atoms with van der Waals surface area (Å²) in [4.78, 5) is 24.3. The van der Waals surface area contributed by atoms with Gasteiger partial charge in [-0.3, -0.25) is 4.79 Å². The molecule has 1 heterocycles. The quantitative estimate of drug-likeness (QED) is 0.675. The minimum atomic E-state index is -1.40. The summed E-state index contributed by atoms with van der Waals surface area (Å²) in [7, 11) is 1.23. The molecule has 1 rings (SSSR count). The predicted octanol–water partition coefficient (Wildman–Crippen LogP) is 1.75. The molecule has 18 heavy (non-hydrogen) atoms. The summed E-state index contributed by atoms with van der Waals surface area (Å²) in [6.45, 7) is 5.42. The standard InChI is InChI=1S/C12H20FNO4/c1-12(2,3)18-11(16)14-6-5-8(9(13)7-14)10(15)17-4/h8-9H,5-7H2,1-4H3.